The highest BCUT2D eigenvalue weighted by molar-refractivity contribution is 7.89. The number of pyridine rings is 1. The molecule has 0 saturated carbocycles. The number of nitrogens with two attached hydrogens (primary N) is 1. The fourth-order valence-corrected chi connectivity index (χ4v) is 7.72. The number of nitrogens with zero attached hydrogens (tertiary/aromatic N) is 3. The van der Waals surface area contributed by atoms with Crippen LogP contribution in [0.4, 0.5) is 19.3 Å². The average Bonchev–Trinajstić information content (AvgIpc) is 3.09. The zero-order chi connectivity index (χ0) is 34.4. The Morgan fingerprint density at radius 2 is 1.79 bits per heavy atom. The minimum atomic E-state index is -3.86. The van der Waals surface area contributed by atoms with Crippen molar-refractivity contribution in [3.8, 4) is 0 Å². The van der Waals surface area contributed by atoms with Crippen LogP contribution in [0.1, 0.15) is 29.0 Å². The predicted octanol–water partition coefficient (Wildman–Crippen LogP) is 4.87. The average molecular weight is 698 g/mol. The molecule has 1 aliphatic rings. The van der Waals surface area contributed by atoms with E-state index in [1.807, 2.05) is 0 Å². The standard InChI is InChI=1S/C34H34ClF2N5O5S/c1-47-34(44)42(33(43)32(38)31(22-10-12-24(35)13-11-22)23-18-25(36)20-40-19-23)30-9-5-8-29(37)28(30)15-14-26-21-39-16-17-41(26)48(45,46)27-6-3-2-4-7-27/h2-13,18-20,26,31-32,39H,14-17,21,38H2,1H3/t26-,31-,32-/m0/s1. The van der Waals surface area contributed by atoms with Crippen molar-refractivity contribution >= 4 is 39.3 Å². The molecule has 0 spiro atoms. The van der Waals surface area contributed by atoms with Crippen LogP contribution in [0, 0.1) is 11.6 Å². The van der Waals surface area contributed by atoms with Gasteiger partial charge in [0, 0.05) is 48.4 Å². The van der Waals surface area contributed by atoms with Gasteiger partial charge >= 0.3 is 6.09 Å². The smallest absolute Gasteiger partial charge is 0.420 e. The molecule has 0 radical (unpaired) electrons. The summed E-state index contributed by atoms with van der Waals surface area (Å²) in [6.07, 6.45) is 1.36. The first-order valence-electron chi connectivity index (χ1n) is 15.1. The molecule has 252 valence electrons. The minimum Gasteiger partial charge on any atom is -0.452 e. The first kappa shape index (κ1) is 35.0. The Balaban J connectivity index is 1.49. The van der Waals surface area contributed by atoms with Gasteiger partial charge in [0.1, 0.15) is 11.6 Å². The number of carbonyl (C=O) groups excluding carboxylic acids is 2. The van der Waals surface area contributed by atoms with Crippen molar-refractivity contribution in [1.82, 2.24) is 14.6 Å². The summed E-state index contributed by atoms with van der Waals surface area (Å²) in [4.78, 5) is 32.2. The molecular formula is C34H34ClF2N5O5S. The molecule has 3 N–H and O–H groups in total. The normalized spacial score (nSPS) is 16.6. The van der Waals surface area contributed by atoms with Gasteiger partial charge in [0.2, 0.25) is 10.0 Å². The highest BCUT2D eigenvalue weighted by Gasteiger charge is 2.38. The number of halogens is 3. The summed E-state index contributed by atoms with van der Waals surface area (Å²) >= 11 is 6.09. The van der Waals surface area contributed by atoms with Crippen LogP contribution >= 0.6 is 11.6 Å². The van der Waals surface area contributed by atoms with E-state index >= 15 is 4.39 Å². The molecule has 0 bridgehead atoms. The number of rotatable bonds is 10. The molecule has 1 fully saturated rings. The van der Waals surface area contributed by atoms with E-state index in [1.165, 1.54) is 46.9 Å². The molecule has 1 saturated heterocycles. The quantitative estimate of drug-likeness (QED) is 0.240. The molecule has 1 aromatic heterocycles. The van der Waals surface area contributed by atoms with E-state index in [1.54, 1.807) is 42.5 Å². The summed E-state index contributed by atoms with van der Waals surface area (Å²) in [6.45, 7) is 0.950. The minimum absolute atomic E-state index is 0.0125. The van der Waals surface area contributed by atoms with Crippen LogP contribution in [0.25, 0.3) is 0 Å². The Bertz CT molecular complexity index is 1870. The van der Waals surface area contributed by atoms with E-state index in [9.17, 15) is 22.4 Å². The fraction of sp³-hybridized carbons (Fsp3) is 0.265. The van der Waals surface area contributed by atoms with Crippen LogP contribution in [-0.2, 0) is 26.0 Å². The number of aromatic nitrogens is 1. The maximum absolute atomic E-state index is 15.6. The molecule has 48 heavy (non-hydrogen) atoms. The van der Waals surface area contributed by atoms with E-state index in [0.29, 0.717) is 28.6 Å². The summed E-state index contributed by atoms with van der Waals surface area (Å²) in [7, 11) is -2.79. The Labute approximate surface area is 282 Å². The van der Waals surface area contributed by atoms with Gasteiger partial charge in [-0.2, -0.15) is 4.31 Å². The summed E-state index contributed by atoms with van der Waals surface area (Å²) in [5, 5.41) is 3.61. The molecule has 5 rings (SSSR count). The molecule has 3 aromatic carbocycles. The first-order chi connectivity index (χ1) is 23.0. The zero-order valence-corrected chi connectivity index (χ0v) is 27.5. The summed E-state index contributed by atoms with van der Waals surface area (Å²) < 4.78 is 63.4. The Kier molecular flexibility index (Phi) is 11.2. The molecule has 14 heteroatoms. The third-order valence-electron chi connectivity index (χ3n) is 8.24. The number of piperazine rings is 1. The number of sulfonamides is 1. The largest absolute Gasteiger partial charge is 0.452 e. The van der Waals surface area contributed by atoms with Crippen LogP contribution in [0.3, 0.4) is 0 Å². The lowest BCUT2D eigenvalue weighted by Gasteiger charge is -2.35. The monoisotopic (exact) mass is 697 g/mol. The maximum atomic E-state index is 15.6. The highest BCUT2D eigenvalue weighted by atomic mass is 35.5. The summed E-state index contributed by atoms with van der Waals surface area (Å²) in [5.74, 6) is -3.32. The van der Waals surface area contributed by atoms with Crippen LogP contribution in [0.15, 0.2) is 96.2 Å². The molecule has 3 atom stereocenters. The van der Waals surface area contributed by atoms with Gasteiger partial charge in [0.15, 0.2) is 0 Å². The molecule has 0 unspecified atom stereocenters. The highest BCUT2D eigenvalue weighted by Crippen LogP contribution is 2.33. The number of amides is 2. The van der Waals surface area contributed by atoms with Gasteiger partial charge in [-0.1, -0.05) is 48.0 Å². The Morgan fingerprint density at radius 1 is 1.06 bits per heavy atom. The van der Waals surface area contributed by atoms with Gasteiger partial charge in [-0.3, -0.25) is 9.78 Å². The number of nitrogens with one attached hydrogen (secondary N) is 1. The second-order valence-electron chi connectivity index (χ2n) is 11.2. The molecule has 1 aliphatic heterocycles. The van der Waals surface area contributed by atoms with E-state index in [-0.39, 0.29) is 41.1 Å². The van der Waals surface area contributed by atoms with Crippen LogP contribution < -0.4 is 16.0 Å². The zero-order valence-electron chi connectivity index (χ0n) is 25.9. The van der Waals surface area contributed by atoms with Crippen molar-refractivity contribution in [2.45, 2.75) is 35.7 Å². The van der Waals surface area contributed by atoms with Gasteiger partial charge in [0.05, 0.1) is 29.9 Å². The van der Waals surface area contributed by atoms with Crippen molar-refractivity contribution < 1.29 is 31.5 Å². The summed E-state index contributed by atoms with van der Waals surface area (Å²) in [5.41, 5.74) is 7.20. The van der Waals surface area contributed by atoms with E-state index in [0.717, 1.165) is 13.3 Å². The van der Waals surface area contributed by atoms with Crippen molar-refractivity contribution in [2.75, 3.05) is 31.6 Å². The molecule has 0 aliphatic carbocycles. The second-order valence-corrected chi connectivity index (χ2v) is 13.5. The number of ether oxygens (including phenoxy) is 1. The Hall–Kier alpha value is -4.27. The lowest BCUT2D eigenvalue weighted by atomic mass is 9.85. The maximum Gasteiger partial charge on any atom is 0.420 e. The number of anilines is 1. The topological polar surface area (TPSA) is 135 Å². The number of carbonyl (C=O) groups is 2. The lowest BCUT2D eigenvalue weighted by molar-refractivity contribution is -0.119. The van der Waals surface area contributed by atoms with Gasteiger partial charge in [0.25, 0.3) is 5.91 Å². The molecule has 2 amide bonds. The molecule has 2 heterocycles. The number of hydrogen-bond donors (Lipinski definition) is 2. The number of hydrogen-bond acceptors (Lipinski definition) is 8. The second kappa shape index (κ2) is 15.3. The number of methoxy groups -OCH3 is 1. The van der Waals surface area contributed by atoms with Gasteiger partial charge in [-0.15, -0.1) is 0 Å². The van der Waals surface area contributed by atoms with Crippen LogP contribution in [0.5, 0.6) is 0 Å². The number of benzene rings is 3. The van der Waals surface area contributed by atoms with Gasteiger partial charge in [-0.25, -0.2) is 26.9 Å². The first-order valence-corrected chi connectivity index (χ1v) is 16.9. The van der Waals surface area contributed by atoms with Crippen molar-refractivity contribution in [1.29, 1.82) is 0 Å². The van der Waals surface area contributed by atoms with Crippen molar-refractivity contribution in [3.63, 3.8) is 0 Å². The van der Waals surface area contributed by atoms with E-state index in [2.05, 4.69) is 10.3 Å². The van der Waals surface area contributed by atoms with E-state index in [4.69, 9.17) is 22.1 Å². The molecular weight excluding hydrogens is 664 g/mol. The lowest BCUT2D eigenvalue weighted by Crippen LogP contribution is -2.53. The van der Waals surface area contributed by atoms with Crippen LogP contribution in [0.2, 0.25) is 5.02 Å². The number of imide groups is 1. The van der Waals surface area contributed by atoms with Crippen molar-refractivity contribution in [3.05, 3.63) is 125 Å². The van der Waals surface area contributed by atoms with Crippen LogP contribution in [-0.4, -0.2) is 68.5 Å². The summed E-state index contributed by atoms with van der Waals surface area (Å²) in [6, 6.07) is 17.5. The van der Waals surface area contributed by atoms with Gasteiger partial charge in [-0.05, 0) is 66.4 Å². The van der Waals surface area contributed by atoms with Crippen molar-refractivity contribution in [2.24, 2.45) is 5.73 Å². The third kappa shape index (κ3) is 7.55. The predicted molar refractivity (Wildman–Crippen MR) is 177 cm³/mol. The van der Waals surface area contributed by atoms with E-state index < -0.39 is 51.7 Å². The third-order valence-corrected chi connectivity index (χ3v) is 10.5. The Morgan fingerprint density at radius 3 is 2.48 bits per heavy atom. The van der Waals surface area contributed by atoms with Gasteiger partial charge < -0.3 is 15.8 Å². The molecule has 10 nitrogen and oxygen atoms in total. The SMILES string of the molecule is COC(=O)N(C(=O)[C@@H](N)[C@@H](c1ccc(Cl)cc1)c1cncc(F)c1)c1cccc(F)c1CC[C@H]1CNCCN1S(=O)(=O)c1ccccc1. The fourth-order valence-electron chi connectivity index (χ4n) is 5.91. The molecule has 4 aromatic rings.